The average Bonchev–Trinajstić information content (AvgIpc) is 3.17. The maximum atomic E-state index is 12.2. The Bertz CT molecular complexity index is 660. The quantitative estimate of drug-likeness (QED) is 0.876. The van der Waals surface area contributed by atoms with Gasteiger partial charge in [-0.1, -0.05) is 31.2 Å². The Hall–Kier alpha value is -2.21. The highest BCUT2D eigenvalue weighted by Gasteiger charge is 2.16. The normalized spacial score (nSPS) is 17.4. The van der Waals surface area contributed by atoms with E-state index >= 15 is 0 Å². The molecule has 0 spiro atoms. The first-order chi connectivity index (χ1) is 12.1. The number of hydrogen-bond donors (Lipinski definition) is 1. The summed E-state index contributed by atoms with van der Waals surface area (Å²) in [5.41, 5.74) is 2.44. The van der Waals surface area contributed by atoms with Gasteiger partial charge in [-0.15, -0.1) is 0 Å². The topological polar surface area (TPSA) is 63.1 Å². The van der Waals surface area contributed by atoms with Crippen LogP contribution in [-0.2, 0) is 17.9 Å². The molecule has 0 radical (unpaired) electrons. The molecule has 0 unspecified atom stereocenters. The van der Waals surface area contributed by atoms with E-state index in [0.717, 1.165) is 18.0 Å². The Labute approximate surface area is 149 Å². The molecule has 0 bridgehead atoms. The third-order valence-electron chi connectivity index (χ3n) is 4.99. The average molecular weight is 341 g/mol. The molecule has 1 saturated heterocycles. The number of carbonyl (C=O) groups is 1. The molecule has 25 heavy (non-hydrogen) atoms. The van der Waals surface area contributed by atoms with E-state index in [2.05, 4.69) is 51.5 Å². The lowest BCUT2D eigenvalue weighted by atomic mass is 9.99. The van der Waals surface area contributed by atoms with Crippen molar-refractivity contribution < 1.29 is 4.79 Å². The fourth-order valence-corrected chi connectivity index (χ4v) is 3.12. The zero-order chi connectivity index (χ0) is 17.6. The monoisotopic (exact) mass is 341 g/mol. The first kappa shape index (κ1) is 17.6. The summed E-state index contributed by atoms with van der Waals surface area (Å²) in [4.78, 5) is 18.6. The largest absolute Gasteiger partial charge is 0.350 e. The Balaban J connectivity index is 1.47. The van der Waals surface area contributed by atoms with Crippen LogP contribution in [-0.4, -0.2) is 38.7 Å². The van der Waals surface area contributed by atoms with Gasteiger partial charge in [-0.25, -0.2) is 9.67 Å². The van der Waals surface area contributed by atoms with Crippen LogP contribution in [0.25, 0.3) is 0 Å². The highest BCUT2D eigenvalue weighted by atomic mass is 16.2. The van der Waals surface area contributed by atoms with E-state index in [4.69, 9.17) is 0 Å². The lowest BCUT2D eigenvalue weighted by molar-refractivity contribution is -0.124. The van der Waals surface area contributed by atoms with Gasteiger partial charge in [0.1, 0.15) is 18.7 Å². The second-order valence-electron chi connectivity index (χ2n) is 7.04. The molecule has 1 amide bonds. The van der Waals surface area contributed by atoms with Crippen molar-refractivity contribution in [2.75, 3.05) is 13.1 Å². The summed E-state index contributed by atoms with van der Waals surface area (Å²) < 4.78 is 1.55. The summed E-state index contributed by atoms with van der Waals surface area (Å²) in [6.45, 7) is 8.08. The Morgan fingerprint density at radius 2 is 1.92 bits per heavy atom. The van der Waals surface area contributed by atoms with Crippen LogP contribution in [0.2, 0.25) is 0 Å². The molecule has 1 atom stereocenters. The number of carbonyl (C=O) groups excluding carboxylic acids is 1. The van der Waals surface area contributed by atoms with Gasteiger partial charge in [0.2, 0.25) is 5.91 Å². The van der Waals surface area contributed by atoms with E-state index in [9.17, 15) is 4.79 Å². The van der Waals surface area contributed by atoms with Gasteiger partial charge in [-0.2, -0.15) is 5.10 Å². The lowest BCUT2D eigenvalue weighted by Crippen LogP contribution is -2.32. The van der Waals surface area contributed by atoms with E-state index in [1.807, 2.05) is 6.92 Å². The number of hydrogen-bond acceptors (Lipinski definition) is 4. The summed E-state index contributed by atoms with van der Waals surface area (Å²) in [5.74, 6) is 0.805. The van der Waals surface area contributed by atoms with Crippen molar-refractivity contribution in [3.63, 3.8) is 0 Å². The zero-order valence-electron chi connectivity index (χ0n) is 15.1. The molecule has 2 aromatic rings. The molecule has 1 fully saturated rings. The number of likely N-dealkylation sites (tertiary alicyclic amines) is 1. The maximum absolute atomic E-state index is 12.2. The van der Waals surface area contributed by atoms with Crippen LogP contribution in [0.15, 0.2) is 36.9 Å². The van der Waals surface area contributed by atoms with Gasteiger partial charge in [0, 0.05) is 13.1 Å². The van der Waals surface area contributed by atoms with Crippen molar-refractivity contribution >= 4 is 5.91 Å². The molecule has 3 rings (SSSR count). The molecule has 134 valence electrons. The Morgan fingerprint density at radius 1 is 1.24 bits per heavy atom. The second-order valence-corrected chi connectivity index (χ2v) is 7.04. The molecule has 6 nitrogen and oxygen atoms in total. The van der Waals surface area contributed by atoms with E-state index in [1.54, 1.807) is 11.0 Å². The van der Waals surface area contributed by atoms with Crippen molar-refractivity contribution in [1.82, 2.24) is 25.0 Å². The zero-order valence-corrected chi connectivity index (χ0v) is 15.1. The van der Waals surface area contributed by atoms with Gasteiger partial charge in [-0.3, -0.25) is 9.69 Å². The van der Waals surface area contributed by atoms with Crippen LogP contribution in [0.4, 0.5) is 0 Å². The molecule has 6 heteroatoms. The van der Waals surface area contributed by atoms with Crippen LogP contribution >= 0.6 is 0 Å². The molecule has 2 heterocycles. The van der Waals surface area contributed by atoms with Gasteiger partial charge >= 0.3 is 0 Å². The molecule has 1 N–H and O–H groups in total. The smallest absolute Gasteiger partial charge is 0.244 e. The maximum Gasteiger partial charge on any atom is 0.244 e. The fraction of sp³-hybridized carbons (Fsp3) is 0.526. The second kappa shape index (κ2) is 8.25. The number of benzene rings is 1. The minimum atomic E-state index is -0.358. The Morgan fingerprint density at radius 3 is 2.56 bits per heavy atom. The molecule has 1 aromatic carbocycles. The SMILES string of the molecule is CC1CCN(Cc2ccc(CNC(=O)[C@@H](C)n3cncn3)cc2)CC1. The third kappa shape index (κ3) is 4.89. The van der Waals surface area contributed by atoms with Gasteiger partial charge in [0.25, 0.3) is 0 Å². The molecule has 1 aliphatic heterocycles. The number of nitrogens with zero attached hydrogens (tertiary/aromatic N) is 4. The molecule has 0 saturated carbocycles. The van der Waals surface area contributed by atoms with Crippen molar-refractivity contribution in [3.8, 4) is 0 Å². The molecule has 1 aliphatic rings. The predicted molar refractivity (Wildman–Crippen MR) is 96.7 cm³/mol. The van der Waals surface area contributed by atoms with Crippen LogP contribution < -0.4 is 5.32 Å². The summed E-state index contributed by atoms with van der Waals surface area (Å²) in [5, 5.41) is 6.96. The van der Waals surface area contributed by atoms with Crippen molar-refractivity contribution in [3.05, 3.63) is 48.0 Å². The van der Waals surface area contributed by atoms with E-state index < -0.39 is 0 Å². The number of rotatable bonds is 6. The molecular weight excluding hydrogens is 314 g/mol. The summed E-state index contributed by atoms with van der Waals surface area (Å²) in [6, 6.07) is 8.18. The van der Waals surface area contributed by atoms with Gasteiger partial charge in [0.05, 0.1) is 0 Å². The minimum absolute atomic E-state index is 0.0583. The van der Waals surface area contributed by atoms with Crippen LogP contribution in [0, 0.1) is 5.92 Å². The molecular formula is C19H27N5O. The van der Waals surface area contributed by atoms with Crippen molar-refractivity contribution in [2.45, 2.75) is 45.8 Å². The summed E-state index contributed by atoms with van der Waals surface area (Å²) in [6.07, 6.45) is 5.59. The minimum Gasteiger partial charge on any atom is -0.350 e. The number of nitrogens with one attached hydrogen (secondary N) is 1. The van der Waals surface area contributed by atoms with Crippen LogP contribution in [0.3, 0.4) is 0 Å². The van der Waals surface area contributed by atoms with Gasteiger partial charge < -0.3 is 5.32 Å². The van der Waals surface area contributed by atoms with Crippen molar-refractivity contribution in [1.29, 1.82) is 0 Å². The van der Waals surface area contributed by atoms with Gasteiger partial charge in [-0.05, 0) is 49.9 Å². The number of amides is 1. The van der Waals surface area contributed by atoms with E-state index in [1.165, 1.54) is 37.8 Å². The third-order valence-corrected chi connectivity index (χ3v) is 4.99. The fourth-order valence-electron chi connectivity index (χ4n) is 3.12. The van der Waals surface area contributed by atoms with Crippen LogP contribution in [0.5, 0.6) is 0 Å². The first-order valence-electron chi connectivity index (χ1n) is 9.04. The Kier molecular flexibility index (Phi) is 5.81. The molecule has 0 aliphatic carbocycles. The van der Waals surface area contributed by atoms with Crippen molar-refractivity contribution in [2.24, 2.45) is 5.92 Å². The molecule has 1 aromatic heterocycles. The highest BCUT2D eigenvalue weighted by Crippen LogP contribution is 2.18. The summed E-state index contributed by atoms with van der Waals surface area (Å²) in [7, 11) is 0. The van der Waals surface area contributed by atoms with E-state index in [0.29, 0.717) is 6.54 Å². The number of piperidine rings is 1. The number of aromatic nitrogens is 3. The van der Waals surface area contributed by atoms with Gasteiger partial charge in [0.15, 0.2) is 0 Å². The van der Waals surface area contributed by atoms with Crippen LogP contribution in [0.1, 0.15) is 43.9 Å². The summed E-state index contributed by atoms with van der Waals surface area (Å²) >= 11 is 0. The highest BCUT2D eigenvalue weighted by molar-refractivity contribution is 5.79. The predicted octanol–water partition coefficient (Wildman–Crippen LogP) is 2.39. The standard InChI is InChI=1S/C19H27N5O/c1-15-7-9-23(10-8-15)12-18-5-3-17(4-6-18)11-21-19(25)16(2)24-14-20-13-22-24/h3-6,13-16H,7-12H2,1-2H3,(H,21,25)/t16-/m1/s1. The van der Waals surface area contributed by atoms with E-state index in [-0.39, 0.29) is 11.9 Å². The lowest BCUT2D eigenvalue weighted by Gasteiger charge is -2.30. The first-order valence-corrected chi connectivity index (χ1v) is 9.04.